The van der Waals surface area contributed by atoms with Crippen molar-refractivity contribution in [1.29, 1.82) is 0 Å². The number of carbonyl (C=O) groups is 2. The maximum Gasteiger partial charge on any atom is 0.417 e. The van der Waals surface area contributed by atoms with Crippen LogP contribution in [0.5, 0.6) is 0 Å². The summed E-state index contributed by atoms with van der Waals surface area (Å²) in [5.74, 6) is -1.42. The highest BCUT2D eigenvalue weighted by molar-refractivity contribution is 5.76. The summed E-state index contributed by atoms with van der Waals surface area (Å²) in [5.41, 5.74) is -0.621. The van der Waals surface area contributed by atoms with Crippen molar-refractivity contribution in [3.05, 3.63) is 29.7 Å². The molecule has 1 fully saturated rings. The lowest BCUT2D eigenvalue weighted by Crippen LogP contribution is -2.46. The minimum atomic E-state index is -4.50. The number of halogens is 3. The molecule has 0 aliphatic carbocycles. The number of pyridine rings is 1. The summed E-state index contributed by atoms with van der Waals surface area (Å²) in [7, 11) is 0. The smallest absolute Gasteiger partial charge is 0.417 e. The zero-order valence-electron chi connectivity index (χ0n) is 13.5. The molecule has 26 heavy (non-hydrogen) atoms. The Bertz CT molecular complexity index is 836. The molecule has 2 amide bonds. The van der Waals surface area contributed by atoms with Gasteiger partial charge in [-0.15, -0.1) is 10.2 Å². The third-order valence-corrected chi connectivity index (χ3v) is 4.26. The summed E-state index contributed by atoms with van der Waals surface area (Å²) < 4.78 is 39.7. The summed E-state index contributed by atoms with van der Waals surface area (Å²) in [6.45, 7) is 0.393. The van der Waals surface area contributed by atoms with E-state index in [4.69, 9.17) is 5.11 Å². The average Bonchev–Trinajstić information content (AvgIpc) is 3.01. The Labute approximate surface area is 145 Å². The molecule has 1 atom stereocenters. The number of carboxylic acid groups (broad SMARTS) is 1. The summed E-state index contributed by atoms with van der Waals surface area (Å²) >= 11 is 0. The van der Waals surface area contributed by atoms with E-state index >= 15 is 0 Å². The molecule has 1 saturated heterocycles. The lowest BCUT2D eigenvalue weighted by atomic mass is 9.99. The molecule has 2 N–H and O–H groups in total. The van der Waals surface area contributed by atoms with E-state index in [0.717, 1.165) is 12.3 Å². The highest BCUT2D eigenvalue weighted by atomic mass is 19.4. The molecular weight excluding hydrogens is 355 g/mol. The van der Waals surface area contributed by atoms with Crippen molar-refractivity contribution in [3.63, 3.8) is 0 Å². The normalized spacial score (nSPS) is 18.1. The fourth-order valence-corrected chi connectivity index (χ4v) is 2.86. The Balaban J connectivity index is 1.69. The second kappa shape index (κ2) is 6.81. The Kier molecular flexibility index (Phi) is 4.70. The number of carboxylic acids is 1. The fourth-order valence-electron chi connectivity index (χ4n) is 2.86. The lowest BCUT2D eigenvalue weighted by molar-refractivity contribution is -0.143. The molecule has 11 heteroatoms. The summed E-state index contributed by atoms with van der Waals surface area (Å²) in [6, 6.07) is 1.62. The van der Waals surface area contributed by atoms with E-state index in [-0.39, 0.29) is 24.6 Å². The van der Waals surface area contributed by atoms with Crippen LogP contribution in [0.1, 0.15) is 24.2 Å². The van der Waals surface area contributed by atoms with Gasteiger partial charge in [0, 0.05) is 19.3 Å². The van der Waals surface area contributed by atoms with Crippen LogP contribution in [0.4, 0.5) is 18.0 Å². The molecule has 0 radical (unpaired) electrons. The molecule has 3 heterocycles. The second-order valence-corrected chi connectivity index (χ2v) is 6.04. The highest BCUT2D eigenvalue weighted by Crippen LogP contribution is 2.29. The number of nitrogens with one attached hydrogen (secondary N) is 1. The average molecular weight is 371 g/mol. The Morgan fingerprint density at radius 2 is 2.08 bits per heavy atom. The first-order valence-corrected chi connectivity index (χ1v) is 7.92. The second-order valence-electron chi connectivity index (χ2n) is 6.04. The highest BCUT2D eigenvalue weighted by Gasteiger charge is 2.31. The first-order valence-electron chi connectivity index (χ1n) is 7.92. The first-order chi connectivity index (χ1) is 12.3. The largest absolute Gasteiger partial charge is 0.481 e. The van der Waals surface area contributed by atoms with Crippen LogP contribution in [-0.4, -0.2) is 49.7 Å². The van der Waals surface area contributed by atoms with Gasteiger partial charge in [-0.1, -0.05) is 0 Å². The van der Waals surface area contributed by atoms with Crippen LogP contribution < -0.4 is 5.32 Å². The minimum absolute atomic E-state index is 0.0972. The Hall–Kier alpha value is -2.85. The van der Waals surface area contributed by atoms with Gasteiger partial charge in [0.15, 0.2) is 11.5 Å². The number of rotatable bonds is 3. The standard InChI is InChI=1S/C15H16F3N5O3/c16-15(17,18)10-3-4-11-20-21-12(23(11)8-10)6-19-14(26)22-5-1-2-9(7-22)13(24)25/h3-4,8-9H,1-2,5-7H2,(H,19,26)(H,24,25). The number of urea groups is 1. The van der Waals surface area contributed by atoms with Gasteiger partial charge in [0.25, 0.3) is 0 Å². The molecule has 0 bridgehead atoms. The predicted octanol–water partition coefficient (Wildman–Crippen LogP) is 1.75. The van der Waals surface area contributed by atoms with Crippen LogP contribution in [0.25, 0.3) is 5.65 Å². The molecule has 2 aromatic heterocycles. The number of carbonyl (C=O) groups excluding carboxylic acids is 1. The van der Waals surface area contributed by atoms with Crippen molar-refractivity contribution in [2.24, 2.45) is 5.92 Å². The molecule has 0 spiro atoms. The van der Waals surface area contributed by atoms with Crippen LogP contribution >= 0.6 is 0 Å². The van der Waals surface area contributed by atoms with E-state index in [1.54, 1.807) is 0 Å². The van der Waals surface area contributed by atoms with Crippen LogP contribution in [0, 0.1) is 5.92 Å². The fraction of sp³-hybridized carbons (Fsp3) is 0.467. The van der Waals surface area contributed by atoms with E-state index < -0.39 is 29.7 Å². The van der Waals surface area contributed by atoms with E-state index in [9.17, 15) is 22.8 Å². The van der Waals surface area contributed by atoms with Crippen molar-refractivity contribution in [1.82, 2.24) is 24.8 Å². The van der Waals surface area contributed by atoms with Gasteiger partial charge < -0.3 is 15.3 Å². The Morgan fingerprint density at radius 3 is 2.77 bits per heavy atom. The zero-order chi connectivity index (χ0) is 18.9. The molecule has 0 aromatic carbocycles. The van der Waals surface area contributed by atoms with E-state index in [2.05, 4.69) is 15.5 Å². The Morgan fingerprint density at radius 1 is 1.31 bits per heavy atom. The summed E-state index contributed by atoms with van der Waals surface area (Å²) in [4.78, 5) is 24.6. The number of likely N-dealkylation sites (tertiary alicyclic amines) is 1. The first kappa shape index (κ1) is 18.0. The third kappa shape index (κ3) is 3.70. The van der Waals surface area contributed by atoms with Crippen molar-refractivity contribution < 1.29 is 27.9 Å². The van der Waals surface area contributed by atoms with Crippen molar-refractivity contribution >= 4 is 17.6 Å². The number of piperidine rings is 1. The van der Waals surface area contributed by atoms with Crippen LogP contribution in [0.15, 0.2) is 18.3 Å². The lowest BCUT2D eigenvalue weighted by Gasteiger charge is -2.30. The van der Waals surface area contributed by atoms with Gasteiger partial charge in [0.1, 0.15) is 0 Å². The van der Waals surface area contributed by atoms with Gasteiger partial charge in [-0.05, 0) is 25.0 Å². The molecule has 0 saturated carbocycles. The molecule has 140 valence electrons. The monoisotopic (exact) mass is 371 g/mol. The van der Waals surface area contributed by atoms with Crippen LogP contribution in [-0.2, 0) is 17.5 Å². The molecule has 2 aromatic rings. The van der Waals surface area contributed by atoms with Gasteiger partial charge >= 0.3 is 18.2 Å². The molecule has 1 unspecified atom stereocenters. The van der Waals surface area contributed by atoms with E-state index in [1.165, 1.54) is 15.4 Å². The van der Waals surface area contributed by atoms with E-state index in [0.29, 0.717) is 19.4 Å². The molecule has 3 rings (SSSR count). The number of amides is 2. The van der Waals surface area contributed by atoms with E-state index in [1.807, 2.05) is 0 Å². The van der Waals surface area contributed by atoms with Crippen LogP contribution in [0.3, 0.4) is 0 Å². The van der Waals surface area contributed by atoms with Crippen molar-refractivity contribution in [3.8, 4) is 0 Å². The summed E-state index contributed by atoms with van der Waals surface area (Å²) in [6.07, 6.45) is -2.54. The number of alkyl halides is 3. The summed E-state index contributed by atoms with van der Waals surface area (Å²) in [5, 5.41) is 19.2. The predicted molar refractivity (Wildman–Crippen MR) is 82.2 cm³/mol. The van der Waals surface area contributed by atoms with Gasteiger partial charge in [0.05, 0.1) is 18.0 Å². The zero-order valence-corrected chi connectivity index (χ0v) is 13.5. The molecule has 8 nitrogen and oxygen atoms in total. The SMILES string of the molecule is O=C(O)C1CCCN(C(=O)NCc2nnc3ccc(C(F)(F)F)cn23)C1. The topological polar surface area (TPSA) is 99.8 Å². The molecular formula is C15H16F3N5O3. The van der Waals surface area contributed by atoms with Gasteiger partial charge in [0.2, 0.25) is 0 Å². The number of fused-ring (bicyclic) bond motifs is 1. The van der Waals surface area contributed by atoms with Gasteiger partial charge in [-0.3, -0.25) is 9.20 Å². The maximum absolute atomic E-state index is 12.8. The van der Waals surface area contributed by atoms with Crippen molar-refractivity contribution in [2.75, 3.05) is 13.1 Å². The van der Waals surface area contributed by atoms with Gasteiger partial charge in [-0.25, -0.2) is 4.79 Å². The number of aliphatic carboxylic acids is 1. The molecule has 1 aliphatic rings. The third-order valence-electron chi connectivity index (χ3n) is 4.26. The maximum atomic E-state index is 12.8. The van der Waals surface area contributed by atoms with Crippen LogP contribution in [0.2, 0.25) is 0 Å². The quantitative estimate of drug-likeness (QED) is 0.856. The van der Waals surface area contributed by atoms with Crippen molar-refractivity contribution in [2.45, 2.75) is 25.6 Å². The minimum Gasteiger partial charge on any atom is -0.481 e. The van der Waals surface area contributed by atoms with Gasteiger partial charge in [-0.2, -0.15) is 13.2 Å². The molecule has 1 aliphatic heterocycles. The number of nitrogens with zero attached hydrogens (tertiary/aromatic N) is 4. The number of aromatic nitrogens is 3. The number of hydrogen-bond donors (Lipinski definition) is 2. The number of hydrogen-bond acceptors (Lipinski definition) is 4.